The van der Waals surface area contributed by atoms with Crippen LogP contribution in [0.25, 0.3) is 10.8 Å². The molecule has 1 unspecified atom stereocenters. The van der Waals surface area contributed by atoms with Crippen molar-refractivity contribution in [3.8, 4) is 0 Å². The summed E-state index contributed by atoms with van der Waals surface area (Å²) in [6, 6.07) is 16.1. The van der Waals surface area contributed by atoms with Crippen LogP contribution in [0.2, 0.25) is 0 Å². The van der Waals surface area contributed by atoms with Crippen LogP contribution in [0.4, 0.5) is 0 Å². The Morgan fingerprint density at radius 2 is 1.85 bits per heavy atom. The highest BCUT2D eigenvalue weighted by Gasteiger charge is 2.13. The van der Waals surface area contributed by atoms with E-state index in [-0.39, 0.29) is 0 Å². The summed E-state index contributed by atoms with van der Waals surface area (Å²) >= 11 is 0. The standard InChI is InChI=1S/C18H17NO/c1-2-13-6-8-15(9-7-13)18(20)16-5-3-4-14-10-11-19-12-17(14)16/h3-12,18,20H,2H2,1H3. The minimum atomic E-state index is -0.617. The molecule has 20 heavy (non-hydrogen) atoms. The predicted octanol–water partition coefficient (Wildman–Crippen LogP) is 3.88. The summed E-state index contributed by atoms with van der Waals surface area (Å²) in [6.07, 6.45) is 3.98. The fourth-order valence-corrected chi connectivity index (χ4v) is 2.49. The van der Waals surface area contributed by atoms with Crippen molar-refractivity contribution in [1.82, 2.24) is 4.98 Å². The molecule has 1 heterocycles. The van der Waals surface area contributed by atoms with Gasteiger partial charge in [-0.05, 0) is 34.6 Å². The third-order valence-electron chi connectivity index (χ3n) is 3.72. The van der Waals surface area contributed by atoms with Crippen LogP contribution < -0.4 is 0 Å². The molecule has 0 saturated carbocycles. The molecule has 0 aliphatic rings. The van der Waals surface area contributed by atoms with E-state index in [2.05, 4.69) is 24.0 Å². The maximum Gasteiger partial charge on any atom is 0.105 e. The van der Waals surface area contributed by atoms with Gasteiger partial charge in [-0.25, -0.2) is 0 Å². The number of fused-ring (bicyclic) bond motifs is 1. The predicted molar refractivity (Wildman–Crippen MR) is 81.6 cm³/mol. The summed E-state index contributed by atoms with van der Waals surface area (Å²) in [5, 5.41) is 12.7. The van der Waals surface area contributed by atoms with Crippen LogP contribution in [0.3, 0.4) is 0 Å². The van der Waals surface area contributed by atoms with Crippen molar-refractivity contribution >= 4 is 10.8 Å². The van der Waals surface area contributed by atoms with E-state index in [1.54, 1.807) is 6.20 Å². The van der Waals surface area contributed by atoms with E-state index in [4.69, 9.17) is 0 Å². The van der Waals surface area contributed by atoms with Crippen molar-refractivity contribution in [2.45, 2.75) is 19.4 Å². The van der Waals surface area contributed by atoms with Crippen LogP contribution >= 0.6 is 0 Å². The van der Waals surface area contributed by atoms with Gasteiger partial charge in [0.25, 0.3) is 0 Å². The van der Waals surface area contributed by atoms with Crippen LogP contribution in [0.15, 0.2) is 60.9 Å². The van der Waals surface area contributed by atoms with E-state index < -0.39 is 6.10 Å². The molecule has 0 aliphatic heterocycles. The number of aliphatic hydroxyl groups is 1. The average molecular weight is 263 g/mol. The zero-order valence-corrected chi connectivity index (χ0v) is 11.5. The Hall–Kier alpha value is -2.19. The largest absolute Gasteiger partial charge is 0.384 e. The first-order valence-corrected chi connectivity index (χ1v) is 6.89. The first-order valence-electron chi connectivity index (χ1n) is 6.89. The maximum atomic E-state index is 10.6. The SMILES string of the molecule is CCc1ccc(C(O)c2cccc3ccncc23)cc1. The van der Waals surface area contributed by atoms with E-state index in [1.807, 2.05) is 42.6 Å². The monoisotopic (exact) mass is 263 g/mol. The van der Waals surface area contributed by atoms with Crippen LogP contribution in [0.5, 0.6) is 0 Å². The fourth-order valence-electron chi connectivity index (χ4n) is 2.49. The average Bonchev–Trinajstić information content (AvgIpc) is 2.54. The van der Waals surface area contributed by atoms with Gasteiger partial charge < -0.3 is 5.11 Å². The lowest BCUT2D eigenvalue weighted by atomic mass is 9.96. The molecule has 0 aliphatic carbocycles. The number of hydrogen-bond donors (Lipinski definition) is 1. The summed E-state index contributed by atoms with van der Waals surface area (Å²) in [7, 11) is 0. The third-order valence-corrected chi connectivity index (χ3v) is 3.72. The molecule has 3 rings (SSSR count). The van der Waals surface area contributed by atoms with Crippen molar-refractivity contribution < 1.29 is 5.11 Å². The lowest BCUT2D eigenvalue weighted by Gasteiger charge is -2.14. The second kappa shape index (κ2) is 5.43. The molecule has 0 spiro atoms. The molecular formula is C18H17NO. The van der Waals surface area contributed by atoms with E-state index in [0.717, 1.165) is 28.3 Å². The summed E-state index contributed by atoms with van der Waals surface area (Å²) in [4.78, 5) is 4.17. The Morgan fingerprint density at radius 1 is 1.05 bits per heavy atom. The van der Waals surface area contributed by atoms with Crippen molar-refractivity contribution in [2.24, 2.45) is 0 Å². The molecule has 1 aromatic heterocycles. The highest BCUT2D eigenvalue weighted by atomic mass is 16.3. The lowest BCUT2D eigenvalue weighted by molar-refractivity contribution is 0.222. The van der Waals surface area contributed by atoms with Gasteiger partial charge in [0.05, 0.1) is 0 Å². The first kappa shape index (κ1) is 12.8. The number of benzene rings is 2. The summed E-state index contributed by atoms with van der Waals surface area (Å²) in [5.74, 6) is 0. The second-order valence-corrected chi connectivity index (χ2v) is 4.94. The molecule has 2 heteroatoms. The van der Waals surface area contributed by atoms with Gasteiger partial charge in [-0.15, -0.1) is 0 Å². The Bertz CT molecular complexity index is 714. The minimum Gasteiger partial charge on any atom is -0.384 e. The van der Waals surface area contributed by atoms with Gasteiger partial charge in [0.2, 0.25) is 0 Å². The first-order chi connectivity index (χ1) is 9.79. The molecule has 0 radical (unpaired) electrons. The Morgan fingerprint density at radius 3 is 2.60 bits per heavy atom. The molecule has 1 N–H and O–H groups in total. The smallest absolute Gasteiger partial charge is 0.105 e. The highest BCUT2D eigenvalue weighted by molar-refractivity contribution is 5.85. The number of hydrogen-bond acceptors (Lipinski definition) is 2. The Labute approximate surface area is 118 Å². The summed E-state index contributed by atoms with van der Waals surface area (Å²) in [5.41, 5.74) is 3.10. The summed E-state index contributed by atoms with van der Waals surface area (Å²) < 4.78 is 0. The zero-order chi connectivity index (χ0) is 13.9. The van der Waals surface area contributed by atoms with Crippen molar-refractivity contribution in [3.63, 3.8) is 0 Å². The topological polar surface area (TPSA) is 33.1 Å². The molecule has 3 aromatic rings. The number of pyridine rings is 1. The van der Waals surface area contributed by atoms with E-state index in [0.29, 0.717) is 0 Å². The maximum absolute atomic E-state index is 10.6. The molecule has 0 saturated heterocycles. The number of aryl methyl sites for hydroxylation is 1. The molecule has 1 atom stereocenters. The fraction of sp³-hybridized carbons (Fsp3) is 0.167. The number of nitrogens with zero attached hydrogens (tertiary/aromatic N) is 1. The molecule has 0 fully saturated rings. The Balaban J connectivity index is 2.05. The molecule has 2 aromatic carbocycles. The van der Waals surface area contributed by atoms with Gasteiger partial charge in [-0.3, -0.25) is 4.98 Å². The van der Waals surface area contributed by atoms with Crippen LogP contribution in [0, 0.1) is 0 Å². The van der Waals surface area contributed by atoms with Crippen molar-refractivity contribution in [2.75, 3.05) is 0 Å². The number of rotatable bonds is 3. The minimum absolute atomic E-state index is 0.617. The molecule has 100 valence electrons. The number of aliphatic hydroxyl groups excluding tert-OH is 1. The van der Waals surface area contributed by atoms with Crippen LogP contribution in [0.1, 0.15) is 29.7 Å². The van der Waals surface area contributed by atoms with Gasteiger partial charge in [0.1, 0.15) is 6.10 Å². The summed E-state index contributed by atoms with van der Waals surface area (Å²) in [6.45, 7) is 2.13. The number of aromatic nitrogens is 1. The molecule has 0 amide bonds. The Kier molecular flexibility index (Phi) is 3.48. The van der Waals surface area contributed by atoms with E-state index in [9.17, 15) is 5.11 Å². The van der Waals surface area contributed by atoms with Crippen molar-refractivity contribution in [1.29, 1.82) is 0 Å². The van der Waals surface area contributed by atoms with E-state index in [1.165, 1.54) is 5.56 Å². The highest BCUT2D eigenvalue weighted by Crippen LogP contribution is 2.28. The molecule has 2 nitrogen and oxygen atoms in total. The van der Waals surface area contributed by atoms with Gasteiger partial charge >= 0.3 is 0 Å². The zero-order valence-electron chi connectivity index (χ0n) is 11.5. The van der Waals surface area contributed by atoms with Gasteiger partial charge in [-0.2, -0.15) is 0 Å². The molecule has 0 bridgehead atoms. The van der Waals surface area contributed by atoms with Gasteiger partial charge in [0.15, 0.2) is 0 Å². The molecular weight excluding hydrogens is 246 g/mol. The van der Waals surface area contributed by atoms with E-state index >= 15 is 0 Å². The van der Waals surface area contributed by atoms with Crippen LogP contribution in [-0.2, 0) is 6.42 Å². The quantitative estimate of drug-likeness (QED) is 0.778. The lowest BCUT2D eigenvalue weighted by Crippen LogP contribution is -2.01. The van der Waals surface area contributed by atoms with Gasteiger partial charge in [0, 0.05) is 17.8 Å². The van der Waals surface area contributed by atoms with Gasteiger partial charge in [-0.1, -0.05) is 49.4 Å². The third kappa shape index (κ3) is 2.30. The second-order valence-electron chi connectivity index (χ2n) is 4.94. The van der Waals surface area contributed by atoms with Crippen molar-refractivity contribution in [3.05, 3.63) is 77.6 Å². The normalized spacial score (nSPS) is 12.5. The van der Waals surface area contributed by atoms with Crippen LogP contribution in [-0.4, -0.2) is 10.1 Å².